The van der Waals surface area contributed by atoms with Gasteiger partial charge in [0, 0.05) is 5.56 Å². The van der Waals surface area contributed by atoms with Gasteiger partial charge in [-0.15, -0.1) is 0 Å². The molecule has 6 heteroatoms. The van der Waals surface area contributed by atoms with Crippen LogP contribution in [0.4, 0.5) is 8.78 Å². The van der Waals surface area contributed by atoms with Crippen LogP contribution in [0.15, 0.2) is 24.3 Å². The summed E-state index contributed by atoms with van der Waals surface area (Å²) >= 11 is 0. The summed E-state index contributed by atoms with van der Waals surface area (Å²) in [5.41, 5.74) is 6.29. The molecule has 0 radical (unpaired) electrons. The third kappa shape index (κ3) is 5.67. The molecule has 1 aromatic carbocycles. The Bertz CT molecular complexity index is 467. The van der Waals surface area contributed by atoms with E-state index < -0.39 is 18.7 Å². The number of carbonyl (C=O) groups is 1. The molecule has 0 saturated heterocycles. The molecule has 0 fully saturated rings. The minimum Gasteiger partial charge on any atom is -0.434 e. The molecular weight excluding hydrogens is 278 g/mol. The number of hydrogen-bond acceptors (Lipinski definition) is 3. The van der Waals surface area contributed by atoms with E-state index in [4.69, 9.17) is 5.73 Å². The summed E-state index contributed by atoms with van der Waals surface area (Å²) in [6, 6.07) is 5.29. The summed E-state index contributed by atoms with van der Waals surface area (Å²) in [5.74, 6) is 0.0521. The van der Waals surface area contributed by atoms with Gasteiger partial charge in [0.15, 0.2) is 0 Å². The molecule has 2 atom stereocenters. The third-order valence-corrected chi connectivity index (χ3v) is 3.02. The highest BCUT2D eigenvalue weighted by atomic mass is 19.3. The minimum atomic E-state index is -2.91. The average Bonchev–Trinajstić information content (AvgIpc) is 2.37. The number of alkyl halides is 2. The summed E-state index contributed by atoms with van der Waals surface area (Å²) in [6.45, 7) is 2.75. The highest BCUT2D eigenvalue weighted by molar-refractivity contribution is 5.81. The number of rotatable bonds is 7. The Morgan fingerprint density at radius 1 is 1.29 bits per heavy atom. The van der Waals surface area contributed by atoms with E-state index in [1.807, 2.05) is 13.8 Å². The van der Waals surface area contributed by atoms with Crippen LogP contribution in [0.5, 0.6) is 5.75 Å². The summed E-state index contributed by atoms with van der Waals surface area (Å²) in [7, 11) is 0. The first-order valence-electron chi connectivity index (χ1n) is 6.91. The lowest BCUT2D eigenvalue weighted by Gasteiger charge is -2.21. The number of amides is 1. The monoisotopic (exact) mass is 300 g/mol. The third-order valence-electron chi connectivity index (χ3n) is 3.02. The summed E-state index contributed by atoms with van der Waals surface area (Å²) in [4.78, 5) is 12.0. The van der Waals surface area contributed by atoms with Gasteiger partial charge in [-0.25, -0.2) is 0 Å². The maximum absolute atomic E-state index is 12.4. The SMILES string of the molecule is CC(C)C[C@H](N)C(=O)NC(C)c1ccccc1OC(F)F. The molecular formula is C15H22F2N2O2. The quantitative estimate of drug-likeness (QED) is 0.814. The molecule has 0 bridgehead atoms. The van der Waals surface area contributed by atoms with Gasteiger partial charge in [0.2, 0.25) is 5.91 Å². The molecule has 1 rings (SSSR count). The Kier molecular flexibility index (Phi) is 6.55. The topological polar surface area (TPSA) is 64.4 Å². The van der Waals surface area contributed by atoms with E-state index in [1.54, 1.807) is 25.1 Å². The predicted molar refractivity (Wildman–Crippen MR) is 77.1 cm³/mol. The van der Waals surface area contributed by atoms with Gasteiger partial charge in [-0.05, 0) is 25.3 Å². The van der Waals surface area contributed by atoms with E-state index in [9.17, 15) is 13.6 Å². The fourth-order valence-corrected chi connectivity index (χ4v) is 2.05. The van der Waals surface area contributed by atoms with Gasteiger partial charge in [-0.3, -0.25) is 4.79 Å². The Morgan fingerprint density at radius 3 is 2.48 bits per heavy atom. The van der Waals surface area contributed by atoms with Crippen LogP contribution >= 0.6 is 0 Å². The Morgan fingerprint density at radius 2 is 1.90 bits per heavy atom. The predicted octanol–water partition coefficient (Wildman–Crippen LogP) is 2.84. The Hall–Kier alpha value is -1.69. The van der Waals surface area contributed by atoms with E-state index in [-0.39, 0.29) is 11.7 Å². The number of para-hydroxylation sites is 1. The molecule has 1 amide bonds. The van der Waals surface area contributed by atoms with Crippen molar-refractivity contribution in [2.45, 2.75) is 45.9 Å². The van der Waals surface area contributed by atoms with E-state index >= 15 is 0 Å². The summed E-state index contributed by atoms with van der Waals surface area (Å²) < 4.78 is 29.2. The molecule has 0 spiro atoms. The molecule has 4 nitrogen and oxygen atoms in total. The summed E-state index contributed by atoms with van der Waals surface area (Å²) in [5, 5.41) is 2.73. The largest absolute Gasteiger partial charge is 0.434 e. The standard InChI is InChI=1S/C15H22F2N2O2/c1-9(2)8-12(18)14(20)19-10(3)11-6-4-5-7-13(11)21-15(16)17/h4-7,9-10,12,15H,8,18H2,1-3H3,(H,19,20)/t10?,12-/m0/s1. The van der Waals surface area contributed by atoms with Gasteiger partial charge in [-0.2, -0.15) is 8.78 Å². The van der Waals surface area contributed by atoms with Crippen molar-refractivity contribution in [3.8, 4) is 5.75 Å². The molecule has 1 unspecified atom stereocenters. The Labute approximate surface area is 123 Å². The van der Waals surface area contributed by atoms with Crippen LogP contribution in [0, 0.1) is 5.92 Å². The zero-order chi connectivity index (χ0) is 16.0. The average molecular weight is 300 g/mol. The minimum absolute atomic E-state index is 0.0535. The van der Waals surface area contributed by atoms with Gasteiger partial charge in [0.1, 0.15) is 5.75 Å². The Balaban J connectivity index is 2.75. The molecule has 0 aromatic heterocycles. The lowest BCUT2D eigenvalue weighted by atomic mass is 10.0. The van der Waals surface area contributed by atoms with Crippen LogP contribution < -0.4 is 15.8 Å². The van der Waals surface area contributed by atoms with Crippen molar-refractivity contribution < 1.29 is 18.3 Å². The van der Waals surface area contributed by atoms with Crippen LogP contribution in [0.1, 0.15) is 38.8 Å². The zero-order valence-electron chi connectivity index (χ0n) is 12.5. The zero-order valence-corrected chi connectivity index (χ0v) is 12.5. The van der Waals surface area contributed by atoms with Crippen molar-refractivity contribution in [1.82, 2.24) is 5.32 Å². The lowest BCUT2D eigenvalue weighted by molar-refractivity contribution is -0.123. The molecule has 3 N–H and O–H groups in total. The van der Waals surface area contributed by atoms with Gasteiger partial charge in [0.05, 0.1) is 12.1 Å². The van der Waals surface area contributed by atoms with Crippen LogP contribution in [-0.2, 0) is 4.79 Å². The van der Waals surface area contributed by atoms with E-state index in [2.05, 4.69) is 10.1 Å². The highest BCUT2D eigenvalue weighted by Crippen LogP contribution is 2.26. The normalized spacial score (nSPS) is 14.1. The molecule has 0 heterocycles. The van der Waals surface area contributed by atoms with Crippen LogP contribution in [0.3, 0.4) is 0 Å². The van der Waals surface area contributed by atoms with Crippen molar-refractivity contribution in [2.24, 2.45) is 11.7 Å². The molecule has 0 aliphatic heterocycles. The number of halogens is 2. The van der Waals surface area contributed by atoms with E-state index in [0.717, 1.165) is 0 Å². The number of benzene rings is 1. The van der Waals surface area contributed by atoms with Crippen LogP contribution in [0.2, 0.25) is 0 Å². The first-order valence-corrected chi connectivity index (χ1v) is 6.91. The fraction of sp³-hybridized carbons (Fsp3) is 0.533. The molecule has 118 valence electrons. The van der Waals surface area contributed by atoms with Gasteiger partial charge in [0.25, 0.3) is 0 Å². The first-order chi connectivity index (χ1) is 9.81. The molecule has 21 heavy (non-hydrogen) atoms. The molecule has 0 aliphatic rings. The molecule has 0 aliphatic carbocycles. The first kappa shape index (κ1) is 17.4. The fourth-order valence-electron chi connectivity index (χ4n) is 2.05. The number of ether oxygens (including phenoxy) is 1. The van der Waals surface area contributed by atoms with Crippen molar-refractivity contribution in [1.29, 1.82) is 0 Å². The van der Waals surface area contributed by atoms with Crippen molar-refractivity contribution in [2.75, 3.05) is 0 Å². The second-order valence-electron chi connectivity index (χ2n) is 5.38. The van der Waals surface area contributed by atoms with Crippen molar-refractivity contribution in [3.63, 3.8) is 0 Å². The number of carbonyl (C=O) groups excluding carboxylic acids is 1. The van der Waals surface area contributed by atoms with Gasteiger partial charge < -0.3 is 15.8 Å². The second-order valence-corrected chi connectivity index (χ2v) is 5.38. The molecule has 0 saturated carbocycles. The number of nitrogens with two attached hydrogens (primary N) is 1. The lowest BCUT2D eigenvalue weighted by Crippen LogP contribution is -2.42. The number of hydrogen-bond donors (Lipinski definition) is 2. The van der Waals surface area contributed by atoms with E-state index in [1.165, 1.54) is 6.07 Å². The van der Waals surface area contributed by atoms with Gasteiger partial charge in [-0.1, -0.05) is 32.0 Å². The summed E-state index contributed by atoms with van der Waals surface area (Å²) in [6.07, 6.45) is 0.563. The number of nitrogens with one attached hydrogen (secondary N) is 1. The van der Waals surface area contributed by atoms with Crippen LogP contribution in [-0.4, -0.2) is 18.6 Å². The highest BCUT2D eigenvalue weighted by Gasteiger charge is 2.20. The maximum Gasteiger partial charge on any atom is 0.387 e. The van der Waals surface area contributed by atoms with Crippen molar-refractivity contribution >= 4 is 5.91 Å². The van der Waals surface area contributed by atoms with Crippen molar-refractivity contribution in [3.05, 3.63) is 29.8 Å². The maximum atomic E-state index is 12.4. The van der Waals surface area contributed by atoms with Crippen LogP contribution in [0.25, 0.3) is 0 Å². The van der Waals surface area contributed by atoms with E-state index in [0.29, 0.717) is 17.9 Å². The van der Waals surface area contributed by atoms with Gasteiger partial charge >= 0.3 is 6.61 Å². The smallest absolute Gasteiger partial charge is 0.387 e. The second kappa shape index (κ2) is 7.93. The molecule has 1 aromatic rings.